The highest BCUT2D eigenvalue weighted by Gasteiger charge is 2.29. The zero-order chi connectivity index (χ0) is 22.7. The second-order valence-electron chi connectivity index (χ2n) is 7.62. The van der Waals surface area contributed by atoms with Crippen molar-refractivity contribution in [2.45, 2.75) is 18.1 Å². The molecule has 0 spiro atoms. The molecule has 0 heterocycles. The molecule has 0 saturated heterocycles. The number of amides is 1. The number of fused-ring (bicyclic) bond motifs is 3. The normalized spacial score (nSPS) is 14.2. The number of halogens is 1. The molecule has 4 rings (SSSR count). The maximum Gasteiger partial charge on any atom is 0.407 e. The maximum absolute atomic E-state index is 13.7. The van der Waals surface area contributed by atoms with Crippen LogP contribution in [0.3, 0.4) is 0 Å². The van der Waals surface area contributed by atoms with Gasteiger partial charge in [0.25, 0.3) is 0 Å². The fraction of sp³-hybridized carbons (Fsp3) is 0.200. The first-order valence-corrected chi connectivity index (χ1v) is 10.2. The van der Waals surface area contributed by atoms with Crippen molar-refractivity contribution in [3.05, 3.63) is 94.8 Å². The van der Waals surface area contributed by atoms with Crippen LogP contribution in [-0.4, -0.2) is 41.8 Å². The first-order valence-electron chi connectivity index (χ1n) is 10.2. The molecule has 3 aromatic rings. The van der Waals surface area contributed by atoms with Gasteiger partial charge in [-0.05, 0) is 39.9 Å². The molecule has 2 unspecified atom stereocenters. The van der Waals surface area contributed by atoms with Gasteiger partial charge in [0, 0.05) is 12.5 Å². The molecule has 3 aromatic carbocycles. The molecule has 1 amide bonds. The number of alkyl carbamates (subject to hydrolysis) is 1. The number of ether oxygens (including phenoxy) is 1. The van der Waals surface area contributed by atoms with Crippen LogP contribution in [0, 0.1) is 5.82 Å². The van der Waals surface area contributed by atoms with E-state index < -0.39 is 24.1 Å². The number of nitrogens with one attached hydrogen (secondary N) is 1. The Labute approximate surface area is 184 Å². The Bertz CT molecular complexity index is 1100. The summed E-state index contributed by atoms with van der Waals surface area (Å²) in [5.41, 5.74) is 4.34. The number of aldehydes is 1. The van der Waals surface area contributed by atoms with Gasteiger partial charge in [0.15, 0.2) is 6.29 Å². The van der Waals surface area contributed by atoms with Crippen molar-refractivity contribution in [1.82, 2.24) is 5.32 Å². The molecule has 1 aliphatic carbocycles. The van der Waals surface area contributed by atoms with Gasteiger partial charge >= 0.3 is 6.09 Å². The molecular weight excluding hydrogens is 413 g/mol. The summed E-state index contributed by atoms with van der Waals surface area (Å²) in [7, 11) is 0. The molecule has 164 valence electrons. The monoisotopic (exact) mass is 435 g/mol. The van der Waals surface area contributed by atoms with Crippen LogP contribution in [0.15, 0.2) is 66.7 Å². The Kier molecular flexibility index (Phi) is 6.30. The molecular formula is C25H22FNO5. The lowest BCUT2D eigenvalue weighted by Gasteiger charge is -2.19. The lowest BCUT2D eigenvalue weighted by molar-refractivity contribution is 0.0184. The zero-order valence-corrected chi connectivity index (χ0v) is 17.1. The Balaban J connectivity index is 1.34. The molecule has 0 bridgehead atoms. The van der Waals surface area contributed by atoms with Crippen LogP contribution >= 0.6 is 0 Å². The number of carbonyl (C=O) groups is 2. The van der Waals surface area contributed by atoms with Crippen molar-refractivity contribution in [1.29, 1.82) is 0 Å². The van der Waals surface area contributed by atoms with Crippen molar-refractivity contribution in [2.24, 2.45) is 0 Å². The zero-order valence-electron chi connectivity index (χ0n) is 17.1. The van der Waals surface area contributed by atoms with Crippen LogP contribution in [0.5, 0.6) is 0 Å². The third-order valence-corrected chi connectivity index (χ3v) is 5.66. The van der Waals surface area contributed by atoms with Crippen LogP contribution in [0.1, 0.15) is 39.1 Å². The quantitative estimate of drug-likeness (QED) is 0.493. The lowest BCUT2D eigenvalue weighted by Crippen LogP contribution is -2.36. The van der Waals surface area contributed by atoms with Crippen LogP contribution in [0.25, 0.3) is 11.1 Å². The SMILES string of the molecule is O=Cc1ccc(C(O)C(O)CNC(=O)OCC2c3ccccc3-c3ccccc32)cc1F. The van der Waals surface area contributed by atoms with Crippen LogP contribution in [0.4, 0.5) is 9.18 Å². The molecule has 0 saturated carbocycles. The third kappa shape index (κ3) is 4.26. The first-order chi connectivity index (χ1) is 15.5. The number of carbonyl (C=O) groups excluding carboxylic acids is 2. The van der Waals surface area contributed by atoms with Crippen LogP contribution in [0.2, 0.25) is 0 Å². The summed E-state index contributed by atoms with van der Waals surface area (Å²) in [4.78, 5) is 22.9. The van der Waals surface area contributed by atoms with E-state index in [-0.39, 0.29) is 30.2 Å². The van der Waals surface area contributed by atoms with E-state index >= 15 is 0 Å². The first kappa shape index (κ1) is 21.7. The van der Waals surface area contributed by atoms with Gasteiger partial charge in [-0.15, -0.1) is 0 Å². The fourth-order valence-corrected chi connectivity index (χ4v) is 3.99. The van der Waals surface area contributed by atoms with Gasteiger partial charge in [-0.3, -0.25) is 4.79 Å². The molecule has 3 N–H and O–H groups in total. The Morgan fingerprint density at radius 1 is 1.03 bits per heavy atom. The highest BCUT2D eigenvalue weighted by atomic mass is 19.1. The number of benzene rings is 3. The van der Waals surface area contributed by atoms with E-state index in [1.807, 2.05) is 48.5 Å². The minimum absolute atomic E-state index is 0.0925. The fourth-order valence-electron chi connectivity index (χ4n) is 3.99. The molecule has 0 aromatic heterocycles. The van der Waals surface area contributed by atoms with E-state index in [4.69, 9.17) is 4.74 Å². The molecule has 6 nitrogen and oxygen atoms in total. The number of hydrogen-bond donors (Lipinski definition) is 3. The summed E-state index contributed by atoms with van der Waals surface area (Å²) in [5.74, 6) is -0.892. The molecule has 0 aliphatic heterocycles. The summed E-state index contributed by atoms with van der Waals surface area (Å²) < 4.78 is 19.1. The van der Waals surface area contributed by atoms with Gasteiger partial charge in [-0.25, -0.2) is 9.18 Å². The average Bonchev–Trinajstić information content (AvgIpc) is 3.14. The molecule has 7 heteroatoms. The summed E-state index contributed by atoms with van der Waals surface area (Å²) in [5, 5.41) is 22.8. The topological polar surface area (TPSA) is 95.9 Å². The van der Waals surface area contributed by atoms with Gasteiger partial charge in [0.1, 0.15) is 24.6 Å². The third-order valence-electron chi connectivity index (χ3n) is 5.66. The van der Waals surface area contributed by atoms with Crippen molar-refractivity contribution in [3.8, 4) is 11.1 Å². The van der Waals surface area contributed by atoms with Crippen molar-refractivity contribution in [2.75, 3.05) is 13.2 Å². The highest BCUT2D eigenvalue weighted by molar-refractivity contribution is 5.79. The van der Waals surface area contributed by atoms with Crippen LogP contribution in [-0.2, 0) is 4.74 Å². The predicted molar refractivity (Wildman–Crippen MR) is 116 cm³/mol. The van der Waals surface area contributed by atoms with E-state index in [0.29, 0.717) is 6.29 Å². The molecule has 0 radical (unpaired) electrons. The van der Waals surface area contributed by atoms with E-state index in [1.54, 1.807) is 0 Å². The Morgan fingerprint density at radius 3 is 2.25 bits per heavy atom. The van der Waals surface area contributed by atoms with Crippen molar-refractivity contribution < 1.29 is 28.9 Å². The number of rotatable bonds is 7. The van der Waals surface area contributed by atoms with Crippen molar-refractivity contribution >= 4 is 12.4 Å². The van der Waals surface area contributed by atoms with Gasteiger partial charge in [0.05, 0.1) is 5.56 Å². The van der Waals surface area contributed by atoms with E-state index in [1.165, 1.54) is 12.1 Å². The number of aliphatic hydroxyl groups is 2. The maximum atomic E-state index is 13.7. The highest BCUT2D eigenvalue weighted by Crippen LogP contribution is 2.44. The minimum Gasteiger partial charge on any atom is -0.449 e. The summed E-state index contributed by atoms with van der Waals surface area (Å²) >= 11 is 0. The van der Waals surface area contributed by atoms with Gasteiger partial charge in [0.2, 0.25) is 0 Å². The molecule has 2 atom stereocenters. The van der Waals surface area contributed by atoms with Gasteiger partial charge in [-0.2, -0.15) is 0 Å². The van der Waals surface area contributed by atoms with E-state index in [9.17, 15) is 24.2 Å². The van der Waals surface area contributed by atoms with E-state index in [2.05, 4.69) is 5.32 Å². The second-order valence-corrected chi connectivity index (χ2v) is 7.62. The summed E-state index contributed by atoms with van der Waals surface area (Å²) in [6.07, 6.45) is -3.21. The van der Waals surface area contributed by atoms with Crippen LogP contribution < -0.4 is 5.32 Å². The Hall–Kier alpha value is -3.55. The van der Waals surface area contributed by atoms with Gasteiger partial charge in [-0.1, -0.05) is 54.6 Å². The predicted octanol–water partition coefficient (Wildman–Crippen LogP) is 3.57. The number of hydrogen-bond acceptors (Lipinski definition) is 5. The minimum atomic E-state index is -1.45. The summed E-state index contributed by atoms with van der Waals surface area (Å²) in [6, 6.07) is 19.5. The second kappa shape index (κ2) is 9.30. The smallest absolute Gasteiger partial charge is 0.407 e. The largest absolute Gasteiger partial charge is 0.449 e. The Morgan fingerprint density at radius 2 is 1.66 bits per heavy atom. The van der Waals surface area contributed by atoms with Crippen molar-refractivity contribution in [3.63, 3.8) is 0 Å². The van der Waals surface area contributed by atoms with Gasteiger partial charge < -0.3 is 20.3 Å². The lowest BCUT2D eigenvalue weighted by atomic mass is 9.98. The molecule has 1 aliphatic rings. The average molecular weight is 435 g/mol. The van der Waals surface area contributed by atoms with E-state index in [0.717, 1.165) is 28.3 Å². The summed E-state index contributed by atoms with van der Waals surface area (Å²) in [6.45, 7) is -0.175. The standard InChI is InChI=1S/C25H22FNO5/c26-22-11-15(9-10-16(22)13-28)24(30)23(29)12-27-25(31)32-14-21-19-7-3-1-5-17(19)18-6-2-4-8-20(18)21/h1-11,13,21,23-24,29-30H,12,14H2,(H,27,31). The molecule has 0 fully saturated rings. The number of aliphatic hydroxyl groups excluding tert-OH is 2. The molecule has 32 heavy (non-hydrogen) atoms.